The monoisotopic (exact) mass is 436 g/mol. The number of pyridine rings is 1. The number of methoxy groups -OCH3 is 1. The number of ether oxygens (including phenoxy) is 2. The van der Waals surface area contributed by atoms with Gasteiger partial charge in [0, 0.05) is 32.4 Å². The van der Waals surface area contributed by atoms with Gasteiger partial charge in [-0.2, -0.15) is 0 Å². The van der Waals surface area contributed by atoms with Gasteiger partial charge in [-0.25, -0.2) is 9.48 Å². The fraction of sp³-hybridized carbons (Fsp3) is 0.318. The van der Waals surface area contributed by atoms with Crippen molar-refractivity contribution in [2.24, 2.45) is 0 Å². The van der Waals surface area contributed by atoms with Crippen molar-refractivity contribution < 1.29 is 19.1 Å². The molecule has 1 aromatic carbocycles. The van der Waals surface area contributed by atoms with Crippen LogP contribution in [0.3, 0.4) is 0 Å². The van der Waals surface area contributed by atoms with Crippen LogP contribution in [0, 0.1) is 0 Å². The predicted molar refractivity (Wildman–Crippen MR) is 116 cm³/mol. The lowest BCUT2D eigenvalue weighted by Crippen LogP contribution is -2.50. The van der Waals surface area contributed by atoms with Crippen molar-refractivity contribution in [2.75, 3.05) is 39.9 Å². The summed E-state index contributed by atoms with van der Waals surface area (Å²) in [4.78, 5) is 33.1. The smallest absolute Gasteiger partial charge is 0.409 e. The molecule has 2 amide bonds. The van der Waals surface area contributed by atoms with Crippen LogP contribution in [0.25, 0.3) is 17.1 Å². The first-order chi connectivity index (χ1) is 15.6. The molecule has 4 rings (SSSR count). The molecule has 1 saturated heterocycles. The zero-order valence-electron chi connectivity index (χ0n) is 18.0. The molecule has 32 heavy (non-hydrogen) atoms. The highest BCUT2D eigenvalue weighted by atomic mass is 16.6. The molecule has 3 heterocycles. The number of carbonyl (C=O) groups excluding carboxylic acids is 2. The number of hydrogen-bond acceptors (Lipinski definition) is 7. The van der Waals surface area contributed by atoms with Gasteiger partial charge in [0.2, 0.25) is 0 Å². The highest BCUT2D eigenvalue weighted by Crippen LogP contribution is 2.29. The molecule has 0 unspecified atom stereocenters. The summed E-state index contributed by atoms with van der Waals surface area (Å²) in [5, 5.41) is 8.49. The summed E-state index contributed by atoms with van der Waals surface area (Å²) in [6.07, 6.45) is 1.29. The van der Waals surface area contributed by atoms with Crippen molar-refractivity contribution in [2.45, 2.75) is 6.92 Å². The minimum Gasteiger partial charge on any atom is -0.494 e. The van der Waals surface area contributed by atoms with Crippen molar-refractivity contribution in [1.29, 1.82) is 0 Å². The summed E-state index contributed by atoms with van der Waals surface area (Å²) >= 11 is 0. The average molecular weight is 436 g/mol. The van der Waals surface area contributed by atoms with Crippen molar-refractivity contribution in [1.82, 2.24) is 29.8 Å². The summed E-state index contributed by atoms with van der Waals surface area (Å²) in [6.45, 7) is 3.62. The number of carbonyl (C=O) groups is 2. The van der Waals surface area contributed by atoms with E-state index in [4.69, 9.17) is 9.47 Å². The minimum atomic E-state index is -0.365. The fourth-order valence-electron chi connectivity index (χ4n) is 3.59. The van der Waals surface area contributed by atoms with Crippen molar-refractivity contribution >= 4 is 12.0 Å². The number of amides is 2. The molecule has 166 valence electrons. The molecule has 0 radical (unpaired) electrons. The van der Waals surface area contributed by atoms with Gasteiger partial charge in [-0.1, -0.05) is 23.4 Å². The molecular formula is C22H24N6O4. The van der Waals surface area contributed by atoms with Crippen LogP contribution < -0.4 is 4.74 Å². The van der Waals surface area contributed by atoms with Crippen molar-refractivity contribution in [3.05, 3.63) is 54.4 Å². The van der Waals surface area contributed by atoms with E-state index in [0.29, 0.717) is 55.6 Å². The molecule has 0 N–H and O–H groups in total. The predicted octanol–water partition coefficient (Wildman–Crippen LogP) is 2.25. The van der Waals surface area contributed by atoms with E-state index in [1.165, 1.54) is 0 Å². The van der Waals surface area contributed by atoms with E-state index in [9.17, 15) is 9.59 Å². The Morgan fingerprint density at radius 3 is 2.41 bits per heavy atom. The average Bonchev–Trinajstić information content (AvgIpc) is 3.29. The normalized spacial score (nSPS) is 13.7. The molecule has 3 aromatic rings. The first-order valence-electron chi connectivity index (χ1n) is 10.4. The third-order valence-corrected chi connectivity index (χ3v) is 5.19. The number of benzene rings is 1. The highest BCUT2D eigenvalue weighted by molar-refractivity contribution is 5.98. The molecule has 0 spiro atoms. The van der Waals surface area contributed by atoms with Crippen molar-refractivity contribution in [3.8, 4) is 22.8 Å². The lowest BCUT2D eigenvalue weighted by Gasteiger charge is -2.33. The number of rotatable bonds is 5. The SMILES string of the molecule is CCOC(=O)N1CCN(C(=O)c2nnn(-c3ccccc3OC)c2-c2ccccn2)CC1. The maximum absolute atomic E-state index is 13.4. The standard InChI is InChI=1S/C22H24N6O4/c1-3-32-22(30)27-14-12-26(13-15-27)21(29)19-20(16-8-6-7-11-23-16)28(25-24-19)17-9-4-5-10-18(17)31-2/h4-11H,3,12-15H2,1-2H3. The van der Waals surface area contributed by atoms with Gasteiger partial charge in [0.15, 0.2) is 5.69 Å². The second kappa shape index (κ2) is 9.46. The maximum atomic E-state index is 13.4. The third kappa shape index (κ3) is 4.11. The van der Waals surface area contributed by atoms with Crippen LogP contribution in [-0.4, -0.2) is 81.7 Å². The van der Waals surface area contributed by atoms with Crippen LogP contribution in [0.4, 0.5) is 4.79 Å². The Labute approximate surface area is 185 Å². The quantitative estimate of drug-likeness (QED) is 0.604. The number of nitrogens with zero attached hydrogens (tertiary/aromatic N) is 6. The van der Waals surface area contributed by atoms with Gasteiger partial charge < -0.3 is 19.3 Å². The van der Waals surface area contributed by atoms with Crippen LogP contribution in [0.5, 0.6) is 5.75 Å². The van der Waals surface area contributed by atoms with Crippen LogP contribution in [0.2, 0.25) is 0 Å². The molecule has 2 aromatic heterocycles. The summed E-state index contributed by atoms with van der Waals surface area (Å²) in [6, 6.07) is 12.8. The summed E-state index contributed by atoms with van der Waals surface area (Å²) < 4.78 is 12.1. The molecule has 1 aliphatic heterocycles. The number of hydrogen-bond donors (Lipinski definition) is 0. The molecule has 0 saturated carbocycles. The van der Waals surface area contributed by atoms with E-state index in [-0.39, 0.29) is 17.7 Å². The van der Waals surface area contributed by atoms with Gasteiger partial charge in [0.25, 0.3) is 5.91 Å². The van der Waals surface area contributed by atoms with Gasteiger partial charge in [-0.05, 0) is 31.2 Å². The lowest BCUT2D eigenvalue weighted by molar-refractivity contribution is 0.0566. The van der Waals surface area contributed by atoms with Crippen LogP contribution in [0.1, 0.15) is 17.4 Å². The molecule has 0 aliphatic carbocycles. The van der Waals surface area contributed by atoms with E-state index in [0.717, 1.165) is 0 Å². The highest BCUT2D eigenvalue weighted by Gasteiger charge is 2.31. The lowest BCUT2D eigenvalue weighted by atomic mass is 10.1. The Kier molecular flexibility index (Phi) is 6.29. The third-order valence-electron chi connectivity index (χ3n) is 5.19. The Bertz CT molecular complexity index is 1090. The molecular weight excluding hydrogens is 412 g/mol. The van der Waals surface area contributed by atoms with Gasteiger partial charge in [-0.3, -0.25) is 9.78 Å². The topological polar surface area (TPSA) is 103 Å². The fourth-order valence-corrected chi connectivity index (χ4v) is 3.59. The van der Waals surface area contributed by atoms with Crippen molar-refractivity contribution in [3.63, 3.8) is 0 Å². The van der Waals surface area contributed by atoms with Gasteiger partial charge in [0.1, 0.15) is 17.1 Å². The first kappa shape index (κ1) is 21.3. The van der Waals surface area contributed by atoms with E-state index < -0.39 is 0 Å². The molecule has 0 atom stereocenters. The summed E-state index contributed by atoms with van der Waals surface area (Å²) in [7, 11) is 1.57. The van der Waals surface area contributed by atoms with Crippen LogP contribution >= 0.6 is 0 Å². The largest absolute Gasteiger partial charge is 0.494 e. The number of para-hydroxylation sites is 2. The van der Waals surface area contributed by atoms with E-state index in [2.05, 4.69) is 15.3 Å². The minimum absolute atomic E-state index is 0.194. The van der Waals surface area contributed by atoms with E-state index in [1.54, 1.807) is 46.8 Å². The Morgan fingerprint density at radius 1 is 1.00 bits per heavy atom. The van der Waals surface area contributed by atoms with Gasteiger partial charge >= 0.3 is 6.09 Å². The zero-order valence-corrected chi connectivity index (χ0v) is 18.0. The number of piperazine rings is 1. The van der Waals surface area contributed by atoms with Gasteiger partial charge in [-0.15, -0.1) is 5.10 Å². The second-order valence-electron chi connectivity index (χ2n) is 7.06. The summed E-state index contributed by atoms with van der Waals surface area (Å²) in [5.41, 5.74) is 1.89. The zero-order chi connectivity index (χ0) is 22.5. The van der Waals surface area contributed by atoms with Gasteiger partial charge in [0.05, 0.1) is 19.4 Å². The Hall–Kier alpha value is -3.95. The van der Waals surface area contributed by atoms with Crippen LogP contribution in [-0.2, 0) is 4.74 Å². The van der Waals surface area contributed by atoms with E-state index >= 15 is 0 Å². The maximum Gasteiger partial charge on any atom is 0.409 e. The van der Waals surface area contributed by atoms with E-state index in [1.807, 2.05) is 30.3 Å². The number of aromatic nitrogens is 4. The molecule has 0 bridgehead atoms. The first-order valence-corrected chi connectivity index (χ1v) is 10.4. The second-order valence-corrected chi connectivity index (χ2v) is 7.06. The Balaban J connectivity index is 1.67. The van der Waals surface area contributed by atoms with Crippen LogP contribution in [0.15, 0.2) is 48.7 Å². The summed E-state index contributed by atoms with van der Waals surface area (Å²) in [5.74, 6) is 0.326. The molecule has 1 aliphatic rings. The Morgan fingerprint density at radius 2 is 1.72 bits per heavy atom. The molecule has 10 nitrogen and oxygen atoms in total. The molecule has 1 fully saturated rings. The molecule has 10 heteroatoms.